The van der Waals surface area contributed by atoms with Crippen molar-refractivity contribution in [2.45, 2.75) is 63.3 Å². The SMILES string of the molecule is CCC1CCCCN1C(=O)c1cnn2c1NC(c1ccc(OC)cc1)CC2C(F)(F)F. The number of fused-ring (bicyclic) bond motifs is 1. The average Bonchev–Trinajstić information content (AvgIpc) is 3.21. The van der Waals surface area contributed by atoms with E-state index in [1.807, 2.05) is 6.92 Å². The summed E-state index contributed by atoms with van der Waals surface area (Å²) in [5.41, 5.74) is 0.901. The number of halogens is 3. The van der Waals surface area contributed by atoms with Gasteiger partial charge in [0.15, 0.2) is 6.04 Å². The number of hydrogen-bond acceptors (Lipinski definition) is 4. The molecule has 1 fully saturated rings. The zero-order chi connectivity index (χ0) is 22.2. The van der Waals surface area contributed by atoms with E-state index in [0.29, 0.717) is 17.9 Å². The van der Waals surface area contributed by atoms with E-state index in [-0.39, 0.29) is 29.8 Å². The lowest BCUT2D eigenvalue weighted by Gasteiger charge is -2.37. The Bertz CT molecular complexity index is 926. The number of methoxy groups -OCH3 is 1. The molecular weight excluding hydrogens is 409 g/mol. The fourth-order valence-electron chi connectivity index (χ4n) is 4.62. The van der Waals surface area contributed by atoms with Crippen molar-refractivity contribution in [2.75, 3.05) is 19.0 Å². The van der Waals surface area contributed by atoms with Crippen LogP contribution in [0.1, 0.15) is 67.0 Å². The van der Waals surface area contributed by atoms with E-state index in [2.05, 4.69) is 10.4 Å². The molecule has 0 spiro atoms. The molecule has 168 valence electrons. The molecule has 0 aliphatic carbocycles. The molecule has 2 aliphatic rings. The van der Waals surface area contributed by atoms with Gasteiger partial charge in [-0.05, 0) is 43.4 Å². The second-order valence-corrected chi connectivity index (χ2v) is 8.17. The van der Waals surface area contributed by atoms with Crippen molar-refractivity contribution in [1.29, 1.82) is 0 Å². The number of alkyl halides is 3. The van der Waals surface area contributed by atoms with Gasteiger partial charge in [0, 0.05) is 19.0 Å². The second-order valence-electron chi connectivity index (χ2n) is 8.17. The molecule has 1 aromatic carbocycles. The number of benzene rings is 1. The van der Waals surface area contributed by atoms with E-state index in [1.54, 1.807) is 29.2 Å². The molecule has 3 unspecified atom stereocenters. The first-order valence-corrected chi connectivity index (χ1v) is 10.7. The molecule has 4 rings (SSSR count). The summed E-state index contributed by atoms with van der Waals surface area (Å²) < 4.78 is 47.8. The van der Waals surface area contributed by atoms with Crippen LogP contribution in [0.5, 0.6) is 5.75 Å². The van der Waals surface area contributed by atoms with Crippen molar-refractivity contribution in [2.24, 2.45) is 0 Å². The lowest BCUT2D eigenvalue weighted by atomic mass is 9.96. The molecule has 6 nitrogen and oxygen atoms in total. The first-order chi connectivity index (χ1) is 14.8. The lowest BCUT2D eigenvalue weighted by Crippen LogP contribution is -2.44. The predicted molar refractivity (Wildman–Crippen MR) is 110 cm³/mol. The summed E-state index contributed by atoms with van der Waals surface area (Å²) in [6.07, 6.45) is 0.285. The average molecular weight is 436 g/mol. The topological polar surface area (TPSA) is 59.4 Å². The summed E-state index contributed by atoms with van der Waals surface area (Å²) in [4.78, 5) is 15.1. The third-order valence-corrected chi connectivity index (χ3v) is 6.35. The number of aromatic nitrogens is 2. The van der Waals surface area contributed by atoms with Crippen LogP contribution in [0.15, 0.2) is 30.5 Å². The fourth-order valence-corrected chi connectivity index (χ4v) is 4.62. The molecule has 1 amide bonds. The Kier molecular flexibility index (Phi) is 5.85. The molecule has 0 saturated carbocycles. The molecule has 0 bridgehead atoms. The van der Waals surface area contributed by atoms with Gasteiger partial charge in [-0.2, -0.15) is 18.3 Å². The van der Waals surface area contributed by atoms with Crippen LogP contribution in [-0.4, -0.2) is 46.5 Å². The Morgan fingerprint density at radius 3 is 2.65 bits per heavy atom. The van der Waals surface area contributed by atoms with Gasteiger partial charge in [-0.1, -0.05) is 19.1 Å². The van der Waals surface area contributed by atoms with Gasteiger partial charge in [0.1, 0.15) is 17.1 Å². The third kappa shape index (κ3) is 4.09. The third-order valence-electron chi connectivity index (χ3n) is 6.35. The lowest BCUT2D eigenvalue weighted by molar-refractivity contribution is -0.173. The van der Waals surface area contributed by atoms with E-state index < -0.39 is 18.3 Å². The number of ether oxygens (including phenoxy) is 1. The fraction of sp³-hybridized carbons (Fsp3) is 0.545. The Balaban J connectivity index is 1.69. The van der Waals surface area contributed by atoms with Crippen LogP contribution in [0.3, 0.4) is 0 Å². The van der Waals surface area contributed by atoms with E-state index in [4.69, 9.17) is 4.74 Å². The highest BCUT2D eigenvalue weighted by Crippen LogP contribution is 2.44. The van der Waals surface area contributed by atoms with E-state index >= 15 is 0 Å². The van der Waals surface area contributed by atoms with Gasteiger partial charge < -0.3 is 15.0 Å². The van der Waals surface area contributed by atoms with E-state index in [1.165, 1.54) is 13.3 Å². The highest BCUT2D eigenvalue weighted by atomic mass is 19.4. The normalized spacial score (nSPS) is 23.8. The minimum Gasteiger partial charge on any atom is -0.497 e. The quantitative estimate of drug-likeness (QED) is 0.736. The largest absolute Gasteiger partial charge is 0.497 e. The molecule has 0 radical (unpaired) electrons. The maximum Gasteiger partial charge on any atom is 0.410 e. The molecule has 2 aromatic rings. The standard InChI is InChI=1S/C22H27F3N4O2/c1-3-15-6-4-5-11-28(15)21(30)17-13-26-29-19(22(23,24)25)12-18(27-20(17)29)14-7-9-16(31-2)10-8-14/h7-10,13,15,18-19,27H,3-6,11-12H2,1-2H3. The summed E-state index contributed by atoms with van der Waals surface area (Å²) in [5.74, 6) is 0.514. The highest BCUT2D eigenvalue weighted by molar-refractivity contribution is 5.99. The zero-order valence-electron chi connectivity index (χ0n) is 17.7. The van der Waals surface area contributed by atoms with Crippen molar-refractivity contribution >= 4 is 11.7 Å². The summed E-state index contributed by atoms with van der Waals surface area (Å²) >= 11 is 0. The number of piperidine rings is 1. The molecule has 31 heavy (non-hydrogen) atoms. The van der Waals surface area contributed by atoms with Crippen molar-refractivity contribution in [3.05, 3.63) is 41.6 Å². The van der Waals surface area contributed by atoms with Crippen molar-refractivity contribution in [3.8, 4) is 5.75 Å². The molecule has 3 heterocycles. The van der Waals surface area contributed by atoms with Gasteiger partial charge >= 0.3 is 6.18 Å². The smallest absolute Gasteiger partial charge is 0.410 e. The van der Waals surface area contributed by atoms with Crippen molar-refractivity contribution < 1.29 is 22.7 Å². The second kappa shape index (κ2) is 8.43. The summed E-state index contributed by atoms with van der Waals surface area (Å²) in [7, 11) is 1.54. The summed E-state index contributed by atoms with van der Waals surface area (Å²) in [6.45, 7) is 2.65. The minimum absolute atomic E-state index is 0.108. The van der Waals surface area contributed by atoms with Gasteiger partial charge in [-0.3, -0.25) is 4.79 Å². The number of carbonyl (C=O) groups excluding carboxylic acids is 1. The van der Waals surface area contributed by atoms with Crippen molar-refractivity contribution in [3.63, 3.8) is 0 Å². The number of carbonyl (C=O) groups is 1. The first-order valence-electron chi connectivity index (χ1n) is 10.7. The van der Waals surface area contributed by atoms with Crippen molar-refractivity contribution in [1.82, 2.24) is 14.7 Å². The summed E-state index contributed by atoms with van der Waals surface area (Å²) in [6, 6.07) is 4.63. The zero-order valence-corrected chi connectivity index (χ0v) is 17.7. The monoisotopic (exact) mass is 436 g/mol. The Morgan fingerprint density at radius 1 is 1.26 bits per heavy atom. The summed E-state index contributed by atoms with van der Waals surface area (Å²) in [5, 5.41) is 7.16. The van der Waals surface area contributed by atoms with Crippen LogP contribution in [0.25, 0.3) is 0 Å². The van der Waals surface area contributed by atoms with Crippen LogP contribution in [0.2, 0.25) is 0 Å². The van der Waals surface area contributed by atoms with Crippen LogP contribution in [0.4, 0.5) is 19.0 Å². The molecule has 1 aromatic heterocycles. The Labute approximate surface area is 179 Å². The number of amides is 1. The van der Waals surface area contributed by atoms with Gasteiger partial charge in [0.25, 0.3) is 5.91 Å². The molecule has 1 saturated heterocycles. The van der Waals surface area contributed by atoms with Crippen LogP contribution < -0.4 is 10.1 Å². The molecule has 2 aliphatic heterocycles. The number of nitrogens with zero attached hydrogens (tertiary/aromatic N) is 3. The van der Waals surface area contributed by atoms with Crippen LogP contribution >= 0.6 is 0 Å². The van der Waals surface area contributed by atoms with Gasteiger partial charge in [0.05, 0.1) is 19.3 Å². The number of hydrogen-bond donors (Lipinski definition) is 1. The van der Waals surface area contributed by atoms with Gasteiger partial charge in [-0.15, -0.1) is 0 Å². The number of anilines is 1. The van der Waals surface area contributed by atoms with Crippen LogP contribution in [0, 0.1) is 0 Å². The maximum absolute atomic E-state index is 13.9. The molecular formula is C22H27F3N4O2. The van der Waals surface area contributed by atoms with Gasteiger partial charge in [0.2, 0.25) is 0 Å². The maximum atomic E-state index is 13.9. The number of rotatable bonds is 4. The highest BCUT2D eigenvalue weighted by Gasteiger charge is 2.47. The number of nitrogens with one attached hydrogen (secondary N) is 1. The molecule has 1 N–H and O–H groups in total. The Morgan fingerprint density at radius 2 is 2.00 bits per heavy atom. The molecule has 3 atom stereocenters. The number of likely N-dealkylation sites (tertiary alicyclic amines) is 1. The predicted octanol–water partition coefficient (Wildman–Crippen LogP) is 4.96. The van der Waals surface area contributed by atoms with E-state index in [0.717, 1.165) is 30.4 Å². The van der Waals surface area contributed by atoms with Crippen LogP contribution in [-0.2, 0) is 0 Å². The van der Waals surface area contributed by atoms with E-state index in [9.17, 15) is 18.0 Å². The Hall–Kier alpha value is -2.71. The first kappa shape index (κ1) is 21.5. The minimum atomic E-state index is -4.48. The molecule has 9 heteroatoms. The van der Waals surface area contributed by atoms with Gasteiger partial charge in [-0.25, -0.2) is 4.68 Å².